The van der Waals surface area contributed by atoms with Crippen LogP contribution in [0.2, 0.25) is 0 Å². The average molecular weight is 400 g/mol. The van der Waals surface area contributed by atoms with Gasteiger partial charge in [-0.3, -0.25) is 0 Å². The first-order valence-electron chi connectivity index (χ1n) is 10.2. The summed E-state index contributed by atoms with van der Waals surface area (Å²) in [6, 6.07) is 28.9. The molecule has 0 saturated heterocycles. The molecule has 1 atom stereocenters. The monoisotopic (exact) mass is 399 g/mol. The van der Waals surface area contributed by atoms with Crippen LogP contribution < -0.4 is 10.1 Å². The van der Waals surface area contributed by atoms with Crippen LogP contribution >= 0.6 is 0 Å². The SMILES string of the molecule is C=CCNCC(O)COc1ccc(/C(=C(\C)c2ccccc2)c2ccccc2)cc1. The van der Waals surface area contributed by atoms with Gasteiger partial charge in [-0.1, -0.05) is 78.9 Å². The Bertz CT molecular complexity index is 947. The summed E-state index contributed by atoms with van der Waals surface area (Å²) in [7, 11) is 0. The van der Waals surface area contributed by atoms with Crippen LogP contribution in [0, 0.1) is 0 Å². The molecular weight excluding hydrogens is 370 g/mol. The first kappa shape index (κ1) is 21.6. The summed E-state index contributed by atoms with van der Waals surface area (Å²) in [6.07, 6.45) is 1.20. The van der Waals surface area contributed by atoms with E-state index in [-0.39, 0.29) is 6.61 Å². The molecule has 0 fully saturated rings. The third-order valence-electron chi connectivity index (χ3n) is 4.90. The van der Waals surface area contributed by atoms with Gasteiger partial charge in [0.25, 0.3) is 0 Å². The van der Waals surface area contributed by atoms with E-state index < -0.39 is 6.10 Å². The molecule has 0 spiro atoms. The molecule has 0 bridgehead atoms. The van der Waals surface area contributed by atoms with Crippen molar-refractivity contribution in [1.29, 1.82) is 0 Å². The van der Waals surface area contributed by atoms with E-state index in [9.17, 15) is 5.11 Å². The Labute approximate surface area is 179 Å². The summed E-state index contributed by atoms with van der Waals surface area (Å²) in [6.45, 7) is 7.19. The van der Waals surface area contributed by atoms with Crippen LogP contribution in [0.15, 0.2) is 97.6 Å². The summed E-state index contributed by atoms with van der Waals surface area (Å²) in [5.41, 5.74) is 5.92. The van der Waals surface area contributed by atoms with E-state index in [0.29, 0.717) is 13.1 Å². The van der Waals surface area contributed by atoms with Crippen LogP contribution in [0.1, 0.15) is 23.6 Å². The molecule has 0 saturated carbocycles. The molecule has 0 aliphatic carbocycles. The number of allylic oxidation sites excluding steroid dienone is 1. The van der Waals surface area contributed by atoms with Crippen molar-refractivity contribution in [3.8, 4) is 5.75 Å². The molecule has 0 aliphatic rings. The molecule has 3 aromatic carbocycles. The quantitative estimate of drug-likeness (QED) is 0.280. The van der Waals surface area contributed by atoms with Crippen molar-refractivity contribution < 1.29 is 9.84 Å². The van der Waals surface area contributed by atoms with Gasteiger partial charge < -0.3 is 15.2 Å². The Balaban J connectivity index is 1.81. The molecule has 1 unspecified atom stereocenters. The number of rotatable bonds is 10. The van der Waals surface area contributed by atoms with E-state index in [1.54, 1.807) is 6.08 Å². The Morgan fingerprint density at radius 1 is 0.900 bits per heavy atom. The second-order valence-corrected chi connectivity index (χ2v) is 7.17. The van der Waals surface area contributed by atoms with Gasteiger partial charge in [0.2, 0.25) is 0 Å². The van der Waals surface area contributed by atoms with Gasteiger partial charge >= 0.3 is 0 Å². The summed E-state index contributed by atoms with van der Waals surface area (Å²) in [5.74, 6) is 0.742. The Morgan fingerprint density at radius 3 is 2.07 bits per heavy atom. The van der Waals surface area contributed by atoms with Crippen LogP contribution in [0.25, 0.3) is 11.1 Å². The highest BCUT2D eigenvalue weighted by molar-refractivity contribution is 5.97. The van der Waals surface area contributed by atoms with Crippen molar-refractivity contribution in [3.05, 3.63) is 114 Å². The maximum atomic E-state index is 10.00. The van der Waals surface area contributed by atoms with Crippen LogP contribution in [-0.2, 0) is 0 Å². The van der Waals surface area contributed by atoms with Crippen molar-refractivity contribution in [1.82, 2.24) is 5.32 Å². The predicted molar refractivity (Wildman–Crippen MR) is 125 cm³/mol. The molecule has 0 aliphatic heterocycles. The summed E-state index contributed by atoms with van der Waals surface area (Å²) >= 11 is 0. The molecule has 3 rings (SSSR count). The highest BCUT2D eigenvalue weighted by Gasteiger charge is 2.11. The van der Waals surface area contributed by atoms with E-state index >= 15 is 0 Å². The fourth-order valence-electron chi connectivity index (χ4n) is 3.36. The van der Waals surface area contributed by atoms with Gasteiger partial charge in [0.15, 0.2) is 0 Å². The molecule has 3 nitrogen and oxygen atoms in total. The predicted octanol–water partition coefficient (Wildman–Crippen LogP) is 5.18. The van der Waals surface area contributed by atoms with Crippen molar-refractivity contribution in [2.75, 3.05) is 19.7 Å². The van der Waals surface area contributed by atoms with Gasteiger partial charge in [-0.2, -0.15) is 0 Å². The van der Waals surface area contributed by atoms with E-state index in [1.165, 1.54) is 22.3 Å². The molecule has 0 heterocycles. The maximum Gasteiger partial charge on any atom is 0.119 e. The smallest absolute Gasteiger partial charge is 0.119 e. The second-order valence-electron chi connectivity index (χ2n) is 7.17. The summed E-state index contributed by atoms with van der Waals surface area (Å²) in [5, 5.41) is 13.1. The third kappa shape index (κ3) is 5.93. The van der Waals surface area contributed by atoms with Crippen LogP contribution in [0.3, 0.4) is 0 Å². The van der Waals surface area contributed by atoms with E-state index in [1.807, 2.05) is 24.3 Å². The topological polar surface area (TPSA) is 41.5 Å². The highest BCUT2D eigenvalue weighted by Crippen LogP contribution is 2.32. The fourth-order valence-corrected chi connectivity index (χ4v) is 3.36. The molecular formula is C27H29NO2. The van der Waals surface area contributed by atoms with Crippen LogP contribution in [-0.4, -0.2) is 30.9 Å². The van der Waals surface area contributed by atoms with Crippen molar-refractivity contribution in [2.24, 2.45) is 0 Å². The lowest BCUT2D eigenvalue weighted by molar-refractivity contribution is 0.107. The van der Waals surface area contributed by atoms with Gasteiger partial charge in [0.05, 0.1) is 0 Å². The van der Waals surface area contributed by atoms with Crippen LogP contribution in [0.5, 0.6) is 5.75 Å². The van der Waals surface area contributed by atoms with Gasteiger partial charge in [0, 0.05) is 13.1 Å². The molecule has 0 amide bonds. The lowest BCUT2D eigenvalue weighted by Crippen LogP contribution is -2.31. The number of aliphatic hydroxyl groups is 1. The number of hydrogen-bond donors (Lipinski definition) is 2. The zero-order chi connectivity index (χ0) is 21.2. The molecule has 2 N–H and O–H groups in total. The average Bonchev–Trinajstić information content (AvgIpc) is 2.80. The zero-order valence-electron chi connectivity index (χ0n) is 17.4. The first-order valence-corrected chi connectivity index (χ1v) is 10.2. The maximum absolute atomic E-state index is 10.00. The molecule has 0 radical (unpaired) electrons. The van der Waals surface area contributed by atoms with Gasteiger partial charge in [-0.15, -0.1) is 6.58 Å². The number of benzene rings is 3. The minimum absolute atomic E-state index is 0.244. The van der Waals surface area contributed by atoms with E-state index in [0.717, 1.165) is 11.3 Å². The fraction of sp³-hybridized carbons (Fsp3) is 0.185. The largest absolute Gasteiger partial charge is 0.491 e. The van der Waals surface area contributed by atoms with Gasteiger partial charge in [-0.05, 0) is 46.9 Å². The summed E-state index contributed by atoms with van der Waals surface area (Å²) < 4.78 is 5.75. The van der Waals surface area contributed by atoms with Gasteiger partial charge in [-0.25, -0.2) is 0 Å². The third-order valence-corrected chi connectivity index (χ3v) is 4.90. The molecule has 3 aromatic rings. The Hall–Kier alpha value is -3.14. The highest BCUT2D eigenvalue weighted by atomic mass is 16.5. The van der Waals surface area contributed by atoms with Gasteiger partial charge in [0.1, 0.15) is 18.5 Å². The second kappa shape index (κ2) is 11.1. The normalized spacial score (nSPS) is 12.7. The van der Waals surface area contributed by atoms with E-state index in [2.05, 4.69) is 79.5 Å². The number of aliphatic hydroxyl groups excluding tert-OH is 1. The number of nitrogens with one attached hydrogen (secondary N) is 1. The van der Waals surface area contributed by atoms with Crippen molar-refractivity contribution in [2.45, 2.75) is 13.0 Å². The molecule has 0 aromatic heterocycles. The van der Waals surface area contributed by atoms with E-state index in [4.69, 9.17) is 4.74 Å². The number of hydrogen-bond acceptors (Lipinski definition) is 3. The first-order chi connectivity index (χ1) is 14.7. The van der Waals surface area contributed by atoms with Crippen LogP contribution in [0.4, 0.5) is 0 Å². The molecule has 154 valence electrons. The Morgan fingerprint density at radius 2 is 1.47 bits per heavy atom. The minimum Gasteiger partial charge on any atom is -0.491 e. The summed E-state index contributed by atoms with van der Waals surface area (Å²) in [4.78, 5) is 0. The van der Waals surface area contributed by atoms with Crippen molar-refractivity contribution >= 4 is 11.1 Å². The molecule has 3 heteroatoms. The standard InChI is InChI=1S/C27H29NO2/c1-3-18-28-19-25(29)20-30-26-16-14-24(15-17-26)27(23-12-8-5-9-13-23)21(2)22-10-6-4-7-11-22/h3-17,25,28-29H,1,18-20H2,2H3/b27-21+. The lowest BCUT2D eigenvalue weighted by Gasteiger charge is -2.16. The lowest BCUT2D eigenvalue weighted by atomic mass is 9.90. The number of ether oxygens (including phenoxy) is 1. The minimum atomic E-state index is -0.565. The zero-order valence-corrected chi connectivity index (χ0v) is 17.4. The van der Waals surface area contributed by atoms with Crippen molar-refractivity contribution in [3.63, 3.8) is 0 Å². The Kier molecular flexibility index (Phi) is 8.02. The molecule has 30 heavy (non-hydrogen) atoms.